The Morgan fingerprint density at radius 1 is 1.65 bits per heavy atom. The Labute approximate surface area is 107 Å². The van der Waals surface area contributed by atoms with Gasteiger partial charge in [-0.3, -0.25) is 0 Å². The molecule has 1 aliphatic rings. The van der Waals surface area contributed by atoms with Crippen LogP contribution in [-0.2, 0) is 6.54 Å². The van der Waals surface area contributed by atoms with E-state index in [1.165, 1.54) is 18.6 Å². The normalized spacial score (nSPS) is 23.5. The lowest BCUT2D eigenvalue weighted by molar-refractivity contribution is 0.536. The average molecular weight is 247 g/mol. The molecule has 0 radical (unpaired) electrons. The van der Waals surface area contributed by atoms with Gasteiger partial charge in [0.2, 0.25) is 0 Å². The standard InChI is InChI=1S/C13H17N3S/c1-13(5-3-7-17-13)10-15-9-11-4-2-6-16-12(11)8-14/h2,4,6,15H,3,5,7,9-10H2,1H3. The summed E-state index contributed by atoms with van der Waals surface area (Å²) in [4.78, 5) is 4.06. The number of nitrogens with one attached hydrogen (secondary N) is 1. The molecule has 1 unspecified atom stereocenters. The Morgan fingerprint density at radius 2 is 2.53 bits per heavy atom. The molecule has 2 heterocycles. The number of nitrogens with zero attached hydrogens (tertiary/aromatic N) is 2. The summed E-state index contributed by atoms with van der Waals surface area (Å²) in [7, 11) is 0. The maximum Gasteiger partial charge on any atom is 0.144 e. The molecule has 1 saturated heterocycles. The number of nitriles is 1. The summed E-state index contributed by atoms with van der Waals surface area (Å²) in [6.45, 7) is 4.04. The fourth-order valence-corrected chi connectivity index (χ4v) is 3.39. The van der Waals surface area contributed by atoms with Gasteiger partial charge >= 0.3 is 0 Å². The summed E-state index contributed by atoms with van der Waals surface area (Å²) >= 11 is 2.05. The van der Waals surface area contributed by atoms with Crippen molar-refractivity contribution in [3.05, 3.63) is 29.6 Å². The minimum atomic E-state index is 0.370. The van der Waals surface area contributed by atoms with E-state index in [1.807, 2.05) is 23.9 Å². The van der Waals surface area contributed by atoms with Crippen LogP contribution in [0.15, 0.2) is 18.3 Å². The van der Waals surface area contributed by atoms with E-state index in [9.17, 15) is 0 Å². The van der Waals surface area contributed by atoms with Gasteiger partial charge in [0.05, 0.1) is 0 Å². The van der Waals surface area contributed by atoms with E-state index < -0.39 is 0 Å². The molecule has 0 aliphatic carbocycles. The molecule has 0 aromatic carbocycles. The zero-order chi connectivity index (χ0) is 12.1. The van der Waals surface area contributed by atoms with Crippen molar-refractivity contribution >= 4 is 11.8 Å². The van der Waals surface area contributed by atoms with Crippen molar-refractivity contribution in [2.75, 3.05) is 12.3 Å². The molecule has 0 bridgehead atoms. The lowest BCUT2D eigenvalue weighted by atomic mass is 10.1. The van der Waals surface area contributed by atoms with Crippen LogP contribution in [0.4, 0.5) is 0 Å². The van der Waals surface area contributed by atoms with E-state index in [0.29, 0.717) is 10.4 Å². The molecule has 0 spiro atoms. The van der Waals surface area contributed by atoms with E-state index in [1.54, 1.807) is 6.20 Å². The largest absolute Gasteiger partial charge is 0.311 e. The highest BCUT2D eigenvalue weighted by Crippen LogP contribution is 2.36. The van der Waals surface area contributed by atoms with Crippen LogP contribution < -0.4 is 5.32 Å². The molecule has 3 nitrogen and oxygen atoms in total. The first-order valence-corrected chi connectivity index (χ1v) is 6.91. The fourth-order valence-electron chi connectivity index (χ4n) is 2.12. The number of aromatic nitrogens is 1. The predicted molar refractivity (Wildman–Crippen MR) is 70.8 cm³/mol. The molecule has 1 atom stereocenters. The monoisotopic (exact) mass is 247 g/mol. The molecule has 0 saturated carbocycles. The highest BCUT2D eigenvalue weighted by atomic mass is 32.2. The first-order valence-electron chi connectivity index (χ1n) is 5.92. The van der Waals surface area contributed by atoms with E-state index in [-0.39, 0.29) is 0 Å². The van der Waals surface area contributed by atoms with Gasteiger partial charge in [0.1, 0.15) is 11.8 Å². The second kappa shape index (κ2) is 5.52. The topological polar surface area (TPSA) is 48.7 Å². The second-order valence-corrected chi connectivity index (χ2v) is 6.31. The van der Waals surface area contributed by atoms with Crippen LogP contribution >= 0.6 is 11.8 Å². The third-order valence-electron chi connectivity index (χ3n) is 3.11. The van der Waals surface area contributed by atoms with E-state index >= 15 is 0 Å². The minimum absolute atomic E-state index is 0.370. The molecule has 1 aromatic heterocycles. The van der Waals surface area contributed by atoms with Crippen LogP contribution in [-0.4, -0.2) is 22.0 Å². The first-order chi connectivity index (χ1) is 8.23. The summed E-state index contributed by atoms with van der Waals surface area (Å²) in [5, 5.41) is 12.4. The lowest BCUT2D eigenvalue weighted by Gasteiger charge is -2.23. The Bertz CT molecular complexity index is 419. The molecular formula is C13H17N3S. The van der Waals surface area contributed by atoms with Crippen molar-refractivity contribution < 1.29 is 0 Å². The van der Waals surface area contributed by atoms with Gasteiger partial charge in [-0.15, -0.1) is 0 Å². The van der Waals surface area contributed by atoms with Gasteiger partial charge in [-0.05, 0) is 31.6 Å². The van der Waals surface area contributed by atoms with Crippen LogP contribution in [0.5, 0.6) is 0 Å². The number of pyridine rings is 1. The summed E-state index contributed by atoms with van der Waals surface area (Å²) in [5.41, 5.74) is 1.52. The fraction of sp³-hybridized carbons (Fsp3) is 0.538. The van der Waals surface area contributed by atoms with Crippen LogP contribution in [0.25, 0.3) is 0 Å². The van der Waals surface area contributed by atoms with Gasteiger partial charge < -0.3 is 5.32 Å². The molecule has 1 fully saturated rings. The highest BCUT2D eigenvalue weighted by molar-refractivity contribution is 8.00. The lowest BCUT2D eigenvalue weighted by Crippen LogP contribution is -2.32. The van der Waals surface area contributed by atoms with Gasteiger partial charge in [-0.2, -0.15) is 17.0 Å². The van der Waals surface area contributed by atoms with Crippen molar-refractivity contribution in [3.63, 3.8) is 0 Å². The summed E-state index contributed by atoms with van der Waals surface area (Å²) in [6, 6.07) is 5.97. The molecule has 2 rings (SSSR count). The summed E-state index contributed by atoms with van der Waals surface area (Å²) in [5.74, 6) is 1.27. The summed E-state index contributed by atoms with van der Waals surface area (Å²) < 4.78 is 0.370. The number of hydrogen-bond donors (Lipinski definition) is 1. The van der Waals surface area contributed by atoms with E-state index in [0.717, 1.165) is 18.7 Å². The molecule has 0 amide bonds. The van der Waals surface area contributed by atoms with Crippen molar-refractivity contribution in [2.24, 2.45) is 0 Å². The van der Waals surface area contributed by atoms with Crippen LogP contribution in [0.2, 0.25) is 0 Å². The van der Waals surface area contributed by atoms with Gasteiger partial charge in [-0.25, -0.2) is 4.98 Å². The van der Waals surface area contributed by atoms with Crippen molar-refractivity contribution in [1.29, 1.82) is 5.26 Å². The van der Waals surface area contributed by atoms with Crippen LogP contribution in [0.1, 0.15) is 31.0 Å². The van der Waals surface area contributed by atoms with Gasteiger partial charge in [0.15, 0.2) is 0 Å². The number of rotatable bonds is 4. The molecule has 17 heavy (non-hydrogen) atoms. The van der Waals surface area contributed by atoms with E-state index in [4.69, 9.17) is 5.26 Å². The van der Waals surface area contributed by atoms with Crippen molar-refractivity contribution in [2.45, 2.75) is 31.1 Å². The van der Waals surface area contributed by atoms with Crippen LogP contribution in [0.3, 0.4) is 0 Å². The van der Waals surface area contributed by atoms with Crippen molar-refractivity contribution in [3.8, 4) is 6.07 Å². The van der Waals surface area contributed by atoms with Crippen LogP contribution in [0, 0.1) is 11.3 Å². The zero-order valence-electron chi connectivity index (χ0n) is 10.1. The molecule has 1 aromatic rings. The molecule has 4 heteroatoms. The SMILES string of the molecule is CC1(CNCc2cccnc2C#N)CCCS1. The minimum Gasteiger partial charge on any atom is -0.311 e. The van der Waals surface area contributed by atoms with E-state index in [2.05, 4.69) is 23.3 Å². The predicted octanol–water partition coefficient (Wildman–Crippen LogP) is 2.33. The molecule has 1 N–H and O–H groups in total. The smallest absolute Gasteiger partial charge is 0.144 e. The Morgan fingerprint density at radius 3 is 3.24 bits per heavy atom. The molecule has 1 aliphatic heterocycles. The third kappa shape index (κ3) is 3.21. The number of thioether (sulfide) groups is 1. The average Bonchev–Trinajstić information content (AvgIpc) is 2.77. The quantitative estimate of drug-likeness (QED) is 0.887. The zero-order valence-corrected chi connectivity index (χ0v) is 10.9. The number of hydrogen-bond acceptors (Lipinski definition) is 4. The second-order valence-electron chi connectivity index (χ2n) is 4.63. The Balaban J connectivity index is 1.88. The molecular weight excluding hydrogens is 230 g/mol. The van der Waals surface area contributed by atoms with Gasteiger partial charge in [-0.1, -0.05) is 6.07 Å². The first kappa shape index (κ1) is 12.4. The van der Waals surface area contributed by atoms with Gasteiger partial charge in [0, 0.05) is 29.6 Å². The highest BCUT2D eigenvalue weighted by Gasteiger charge is 2.28. The maximum atomic E-state index is 8.94. The molecule has 90 valence electrons. The van der Waals surface area contributed by atoms with Crippen molar-refractivity contribution in [1.82, 2.24) is 10.3 Å². The Kier molecular flexibility index (Phi) is 4.03. The van der Waals surface area contributed by atoms with Gasteiger partial charge in [0.25, 0.3) is 0 Å². The summed E-state index contributed by atoms with van der Waals surface area (Å²) in [6.07, 6.45) is 4.26. The maximum absolute atomic E-state index is 8.94. The third-order valence-corrected chi connectivity index (χ3v) is 4.65. The Hall–Kier alpha value is -1.05.